The van der Waals surface area contributed by atoms with E-state index >= 15 is 0 Å². The Labute approximate surface area is 136 Å². The highest BCUT2D eigenvalue weighted by atomic mass is 19.1. The monoisotopic (exact) mass is 319 g/mol. The molecule has 4 aliphatic rings. The van der Waals surface area contributed by atoms with Crippen LogP contribution in [-0.4, -0.2) is 28.5 Å². The second-order valence-electron chi connectivity index (χ2n) is 8.38. The molecule has 0 amide bonds. The van der Waals surface area contributed by atoms with E-state index in [0.29, 0.717) is 6.42 Å². The maximum absolute atomic E-state index is 14.2. The summed E-state index contributed by atoms with van der Waals surface area (Å²) in [4.78, 5) is 0. The maximum Gasteiger partial charge on any atom is 0.114 e. The fourth-order valence-corrected chi connectivity index (χ4v) is 5.78. The highest BCUT2D eigenvalue weighted by Gasteiger charge is 2.59. The van der Waals surface area contributed by atoms with E-state index in [2.05, 4.69) is 19.9 Å². The molecule has 3 nitrogen and oxygen atoms in total. The molecule has 0 radical (unpaired) electrons. The van der Waals surface area contributed by atoms with Crippen molar-refractivity contribution in [3.05, 3.63) is 35.7 Å². The van der Waals surface area contributed by atoms with Gasteiger partial charge in [0.2, 0.25) is 0 Å². The van der Waals surface area contributed by atoms with Crippen molar-refractivity contribution in [3.63, 3.8) is 0 Å². The number of fused-ring (bicyclic) bond motifs is 5. The van der Waals surface area contributed by atoms with Crippen LogP contribution in [0.15, 0.2) is 35.7 Å². The van der Waals surface area contributed by atoms with Gasteiger partial charge in [-0.3, -0.25) is 0 Å². The molecule has 0 aromatic heterocycles. The van der Waals surface area contributed by atoms with Crippen LogP contribution in [0.1, 0.15) is 33.1 Å². The lowest BCUT2D eigenvalue weighted by Crippen LogP contribution is -2.55. The quantitative estimate of drug-likeness (QED) is 0.601. The van der Waals surface area contributed by atoms with Gasteiger partial charge in [-0.1, -0.05) is 37.6 Å². The van der Waals surface area contributed by atoms with Crippen LogP contribution in [-0.2, 0) is 0 Å². The van der Waals surface area contributed by atoms with Crippen molar-refractivity contribution in [3.8, 4) is 0 Å². The topological polar surface area (TPSA) is 66.5 Å². The molecule has 0 aliphatic heterocycles. The third kappa shape index (κ3) is 1.92. The van der Waals surface area contributed by atoms with Gasteiger partial charge in [0.05, 0.1) is 18.2 Å². The lowest BCUT2D eigenvalue weighted by molar-refractivity contribution is -0.0552. The van der Waals surface area contributed by atoms with Crippen LogP contribution in [0.4, 0.5) is 4.39 Å². The number of aliphatic hydroxyl groups is 2. The van der Waals surface area contributed by atoms with Gasteiger partial charge in [-0.25, -0.2) is 4.39 Å². The van der Waals surface area contributed by atoms with Crippen molar-refractivity contribution in [2.24, 2.45) is 34.3 Å². The van der Waals surface area contributed by atoms with Gasteiger partial charge in [0, 0.05) is 5.41 Å². The Kier molecular flexibility index (Phi) is 3.23. The van der Waals surface area contributed by atoms with E-state index in [9.17, 15) is 14.6 Å². The second-order valence-corrected chi connectivity index (χ2v) is 8.38. The molecule has 0 unspecified atom stereocenters. The first-order valence-electron chi connectivity index (χ1n) is 8.67. The number of rotatable bonds is 0. The molecule has 0 saturated heterocycles. The zero-order chi connectivity index (χ0) is 16.6. The van der Waals surface area contributed by atoms with Gasteiger partial charge in [0.15, 0.2) is 0 Å². The SMILES string of the molecule is C[C@]12CC[C@H]3[C@@H]([C@@H](O)C=C4C[C@@H](O)C=C[C@@]43C)[C@@H]1C=C(F)[C@@H]2N. The van der Waals surface area contributed by atoms with Gasteiger partial charge < -0.3 is 15.9 Å². The molecular weight excluding hydrogens is 293 g/mol. The zero-order valence-electron chi connectivity index (χ0n) is 13.7. The Balaban J connectivity index is 1.79. The smallest absolute Gasteiger partial charge is 0.114 e. The van der Waals surface area contributed by atoms with E-state index in [1.54, 1.807) is 6.08 Å². The van der Waals surface area contributed by atoms with Gasteiger partial charge >= 0.3 is 0 Å². The van der Waals surface area contributed by atoms with Gasteiger partial charge in [0.1, 0.15) is 5.83 Å². The third-order valence-electron chi connectivity index (χ3n) is 7.30. The minimum absolute atomic E-state index is 0.0123. The van der Waals surface area contributed by atoms with E-state index in [1.165, 1.54) is 0 Å². The average molecular weight is 319 g/mol. The van der Waals surface area contributed by atoms with Crippen molar-refractivity contribution in [2.45, 2.75) is 51.4 Å². The van der Waals surface area contributed by atoms with Crippen LogP contribution < -0.4 is 5.73 Å². The number of nitrogens with two attached hydrogens (primary N) is 1. The molecule has 0 aromatic carbocycles. The first-order chi connectivity index (χ1) is 10.8. The summed E-state index contributed by atoms with van der Waals surface area (Å²) in [7, 11) is 0. The van der Waals surface area contributed by atoms with Crippen molar-refractivity contribution < 1.29 is 14.6 Å². The summed E-state index contributed by atoms with van der Waals surface area (Å²) in [6.07, 6.45) is 8.88. The molecule has 8 atom stereocenters. The van der Waals surface area contributed by atoms with Crippen molar-refractivity contribution in [1.29, 1.82) is 0 Å². The first-order valence-corrected chi connectivity index (χ1v) is 8.67. The predicted molar refractivity (Wildman–Crippen MR) is 86.9 cm³/mol. The van der Waals surface area contributed by atoms with Crippen molar-refractivity contribution in [1.82, 2.24) is 0 Å². The summed E-state index contributed by atoms with van der Waals surface area (Å²) in [5.41, 5.74) is 6.80. The van der Waals surface area contributed by atoms with Crippen LogP contribution in [0.3, 0.4) is 0 Å². The van der Waals surface area contributed by atoms with Crippen molar-refractivity contribution in [2.75, 3.05) is 0 Å². The van der Waals surface area contributed by atoms with E-state index in [0.717, 1.165) is 18.4 Å². The lowest BCUT2D eigenvalue weighted by Gasteiger charge is -2.57. The first kappa shape index (κ1) is 15.6. The van der Waals surface area contributed by atoms with Crippen LogP contribution in [0.25, 0.3) is 0 Å². The van der Waals surface area contributed by atoms with Crippen molar-refractivity contribution >= 4 is 0 Å². The normalized spacial score (nSPS) is 54.7. The Morgan fingerprint density at radius 1 is 1.26 bits per heavy atom. The highest BCUT2D eigenvalue weighted by molar-refractivity contribution is 5.36. The number of aliphatic hydroxyl groups excluding tert-OH is 2. The average Bonchev–Trinajstić information content (AvgIpc) is 2.73. The molecule has 4 aliphatic carbocycles. The van der Waals surface area contributed by atoms with E-state index in [1.807, 2.05) is 12.2 Å². The van der Waals surface area contributed by atoms with Gasteiger partial charge in [-0.15, -0.1) is 0 Å². The molecule has 4 heteroatoms. The van der Waals surface area contributed by atoms with Crippen LogP contribution in [0.5, 0.6) is 0 Å². The molecule has 1 saturated carbocycles. The lowest BCUT2D eigenvalue weighted by atomic mass is 9.48. The zero-order valence-corrected chi connectivity index (χ0v) is 13.7. The van der Waals surface area contributed by atoms with Gasteiger partial charge in [0.25, 0.3) is 0 Å². The highest BCUT2D eigenvalue weighted by Crippen LogP contribution is 2.63. The number of hydrogen-bond donors (Lipinski definition) is 3. The molecule has 1 fully saturated rings. The Hall–Kier alpha value is -0.970. The molecule has 4 N–H and O–H groups in total. The van der Waals surface area contributed by atoms with Crippen LogP contribution >= 0.6 is 0 Å². The Morgan fingerprint density at radius 3 is 2.74 bits per heavy atom. The second kappa shape index (κ2) is 4.78. The molecule has 0 bridgehead atoms. The van der Waals surface area contributed by atoms with Gasteiger partial charge in [-0.05, 0) is 48.5 Å². The molecule has 0 spiro atoms. The largest absolute Gasteiger partial charge is 0.389 e. The predicted octanol–water partition coefficient (Wildman–Crippen LogP) is 2.46. The van der Waals surface area contributed by atoms with E-state index in [-0.39, 0.29) is 34.4 Å². The molecule has 4 rings (SSSR count). The van der Waals surface area contributed by atoms with Gasteiger partial charge in [-0.2, -0.15) is 0 Å². The molecule has 0 aromatic rings. The summed E-state index contributed by atoms with van der Waals surface area (Å²) in [6.45, 7) is 4.26. The van der Waals surface area contributed by atoms with Crippen LogP contribution in [0, 0.1) is 28.6 Å². The summed E-state index contributed by atoms with van der Waals surface area (Å²) in [5, 5.41) is 20.7. The summed E-state index contributed by atoms with van der Waals surface area (Å²) < 4.78 is 14.2. The third-order valence-corrected chi connectivity index (χ3v) is 7.30. The van der Waals surface area contributed by atoms with E-state index < -0.39 is 18.2 Å². The summed E-state index contributed by atoms with van der Waals surface area (Å²) >= 11 is 0. The Morgan fingerprint density at radius 2 is 2.00 bits per heavy atom. The van der Waals surface area contributed by atoms with Crippen LogP contribution in [0.2, 0.25) is 0 Å². The maximum atomic E-state index is 14.2. The molecular formula is C19H26FNO2. The molecule has 126 valence electrons. The van der Waals surface area contributed by atoms with E-state index in [4.69, 9.17) is 5.73 Å². The summed E-state index contributed by atoms with van der Waals surface area (Å²) in [5.74, 6) is -0.00335. The minimum Gasteiger partial charge on any atom is -0.389 e. The number of hydrogen-bond acceptors (Lipinski definition) is 3. The number of allylic oxidation sites excluding steroid dienone is 2. The molecule has 0 heterocycles. The minimum atomic E-state index is -0.597. The Bertz CT molecular complexity index is 627. The fourth-order valence-electron chi connectivity index (χ4n) is 5.78. The standard InChI is InChI=1S/C19H26FNO2/c1-18-5-3-11(22)7-10(18)8-15(23)16-12(18)4-6-19(2)13(16)9-14(20)17(19)21/h3,5,8-9,11-13,15-17,22-23H,4,6-7,21H2,1-2H3/t11-,12-,13-,15-,16+,17-,18-,19-/m0/s1. The number of halogens is 1. The molecule has 23 heavy (non-hydrogen) atoms. The summed E-state index contributed by atoms with van der Waals surface area (Å²) in [6, 6.07) is -0.553. The fraction of sp³-hybridized carbons (Fsp3) is 0.684.